The summed E-state index contributed by atoms with van der Waals surface area (Å²) in [5.41, 5.74) is 0.431. The first kappa shape index (κ1) is 23.7. The molecule has 1 aromatic rings. The summed E-state index contributed by atoms with van der Waals surface area (Å²) in [6.45, 7) is 12.1. The van der Waals surface area contributed by atoms with E-state index < -0.39 is 5.41 Å². The van der Waals surface area contributed by atoms with Crippen LogP contribution in [-0.2, 0) is 19.8 Å². The van der Waals surface area contributed by atoms with Crippen LogP contribution in [0.3, 0.4) is 0 Å². The second-order valence-electron chi connectivity index (χ2n) is 9.35. The number of anilines is 1. The maximum absolute atomic E-state index is 12.8. The fourth-order valence-corrected chi connectivity index (χ4v) is 5.49. The van der Waals surface area contributed by atoms with E-state index in [1.807, 2.05) is 38.1 Å². The molecule has 0 bridgehead atoms. The number of carbonyl (C=O) groups excluding carboxylic acids is 3. The number of benzene rings is 1. The van der Waals surface area contributed by atoms with Crippen LogP contribution in [0, 0.1) is 5.41 Å². The Morgan fingerprint density at radius 2 is 1.79 bits per heavy atom. The van der Waals surface area contributed by atoms with Gasteiger partial charge in [0.05, 0.1) is 16.6 Å². The first-order valence-electron chi connectivity index (χ1n) is 10.3. The summed E-state index contributed by atoms with van der Waals surface area (Å²) in [7, 11) is 5.54. The van der Waals surface area contributed by atoms with Crippen LogP contribution in [-0.4, -0.2) is 35.8 Å². The highest BCUT2D eigenvalue weighted by Gasteiger charge is 2.40. The number of hydrogen-bond donors (Lipinski definition) is 0. The summed E-state index contributed by atoms with van der Waals surface area (Å²) in [6.07, 6.45) is 2.96. The molecule has 6 heteroatoms. The van der Waals surface area contributed by atoms with Gasteiger partial charge in [0.2, 0.25) is 11.8 Å². The average molecular weight is 413 g/mol. The number of amides is 2. The van der Waals surface area contributed by atoms with Gasteiger partial charge in [0.15, 0.2) is 7.85 Å². The molecule has 1 fully saturated rings. The number of rotatable bonds is 9. The van der Waals surface area contributed by atoms with Crippen LogP contribution in [0.2, 0.25) is 0 Å². The molecule has 1 aliphatic rings. The van der Waals surface area contributed by atoms with Gasteiger partial charge in [0.25, 0.3) is 0 Å². The van der Waals surface area contributed by atoms with Crippen LogP contribution < -0.4 is 4.90 Å². The van der Waals surface area contributed by atoms with Gasteiger partial charge >= 0.3 is 0 Å². The van der Waals surface area contributed by atoms with E-state index in [4.69, 9.17) is 7.85 Å². The van der Waals surface area contributed by atoms with E-state index in [-0.39, 0.29) is 34.6 Å². The van der Waals surface area contributed by atoms with Crippen molar-refractivity contribution in [3.05, 3.63) is 29.8 Å². The normalized spacial score (nSPS) is 19.0. The standard InChI is InChI=1S/C23H32BNO3S/c1-7-8-15(2)29-18-13-19(26)25(20(18)27)17-11-9-16(10-12-17)22(3,4)14-23(5,6)21(24)28/h9-12,15,18H,7-8,13-14H2,1-6H3. The molecular formula is C23H32BNO3S. The van der Waals surface area contributed by atoms with Gasteiger partial charge in [-0.3, -0.25) is 9.59 Å². The maximum atomic E-state index is 12.8. The van der Waals surface area contributed by atoms with Crippen LogP contribution in [0.25, 0.3) is 0 Å². The molecule has 2 atom stereocenters. The third-order valence-corrected chi connectivity index (χ3v) is 7.05. The largest absolute Gasteiger partial charge is 0.312 e. The van der Waals surface area contributed by atoms with E-state index in [0.29, 0.717) is 17.4 Å². The number of carbonyl (C=O) groups is 3. The first-order valence-corrected chi connectivity index (χ1v) is 11.3. The predicted octanol–water partition coefficient (Wildman–Crippen LogP) is 4.63. The van der Waals surface area contributed by atoms with Gasteiger partial charge in [-0.1, -0.05) is 60.1 Å². The second kappa shape index (κ2) is 9.07. The van der Waals surface area contributed by atoms with Crippen molar-refractivity contribution in [2.75, 3.05) is 4.90 Å². The van der Waals surface area contributed by atoms with Gasteiger partial charge in [-0.2, -0.15) is 0 Å². The molecule has 1 aliphatic heterocycles. The van der Waals surface area contributed by atoms with E-state index in [1.165, 1.54) is 4.90 Å². The minimum atomic E-state index is -0.622. The Morgan fingerprint density at radius 1 is 1.21 bits per heavy atom. The van der Waals surface area contributed by atoms with Gasteiger partial charge < -0.3 is 4.79 Å². The van der Waals surface area contributed by atoms with Crippen LogP contribution in [0.5, 0.6) is 0 Å². The zero-order valence-corrected chi connectivity index (χ0v) is 19.3. The number of thioether (sulfide) groups is 1. The molecule has 0 saturated carbocycles. The molecule has 2 rings (SSSR count). The fraction of sp³-hybridized carbons (Fsp3) is 0.609. The van der Waals surface area contributed by atoms with Crippen molar-refractivity contribution in [2.45, 2.75) is 83.1 Å². The van der Waals surface area contributed by atoms with Crippen molar-refractivity contribution in [3.63, 3.8) is 0 Å². The fourth-order valence-electron chi connectivity index (χ4n) is 4.09. The van der Waals surface area contributed by atoms with Crippen molar-refractivity contribution in [1.29, 1.82) is 0 Å². The minimum Gasteiger partial charge on any atom is -0.312 e. The molecule has 0 aromatic heterocycles. The van der Waals surface area contributed by atoms with E-state index in [9.17, 15) is 14.4 Å². The van der Waals surface area contributed by atoms with Crippen molar-refractivity contribution < 1.29 is 14.4 Å². The minimum absolute atomic E-state index is 0.121. The van der Waals surface area contributed by atoms with Gasteiger partial charge in [-0.25, -0.2) is 4.90 Å². The first-order chi connectivity index (χ1) is 13.4. The van der Waals surface area contributed by atoms with Crippen molar-refractivity contribution in [2.24, 2.45) is 5.41 Å². The van der Waals surface area contributed by atoms with E-state index >= 15 is 0 Å². The molecule has 156 valence electrons. The summed E-state index contributed by atoms with van der Waals surface area (Å²) in [4.78, 5) is 38.4. The highest BCUT2D eigenvalue weighted by molar-refractivity contribution is 8.01. The summed E-state index contributed by atoms with van der Waals surface area (Å²) in [5, 5.41) is 0.0648. The Hall–Kier alpha value is -1.56. The molecule has 0 N–H and O–H groups in total. The van der Waals surface area contributed by atoms with Crippen molar-refractivity contribution >= 4 is 42.8 Å². The molecule has 0 aliphatic carbocycles. The third kappa shape index (κ3) is 5.53. The van der Waals surface area contributed by atoms with Crippen LogP contribution in [0.1, 0.15) is 72.8 Å². The average Bonchev–Trinajstić information content (AvgIpc) is 2.87. The lowest BCUT2D eigenvalue weighted by Crippen LogP contribution is -2.33. The molecule has 1 saturated heterocycles. The number of hydrogen-bond acceptors (Lipinski definition) is 4. The smallest absolute Gasteiger partial charge is 0.247 e. The zero-order valence-electron chi connectivity index (χ0n) is 18.5. The van der Waals surface area contributed by atoms with Crippen molar-refractivity contribution in [1.82, 2.24) is 0 Å². The summed E-state index contributed by atoms with van der Waals surface area (Å²) >= 11 is 1.60. The Morgan fingerprint density at radius 3 is 2.31 bits per heavy atom. The lowest BCUT2D eigenvalue weighted by Gasteiger charge is -2.34. The SMILES string of the molecule is [B]C(=O)C(C)(C)CC(C)(C)c1ccc(N2C(=O)CC(SC(C)CCC)C2=O)cc1. The lowest BCUT2D eigenvalue weighted by atomic mass is 9.66. The molecule has 2 amide bonds. The summed E-state index contributed by atoms with van der Waals surface area (Å²) in [6, 6.07) is 7.53. The number of imide groups is 1. The molecule has 1 aromatic carbocycles. The zero-order chi connectivity index (χ0) is 22.0. The maximum Gasteiger partial charge on any atom is 0.247 e. The quantitative estimate of drug-likeness (QED) is 0.438. The van der Waals surface area contributed by atoms with E-state index in [0.717, 1.165) is 18.4 Å². The van der Waals surface area contributed by atoms with Gasteiger partial charge in [-0.15, -0.1) is 11.8 Å². The lowest BCUT2D eigenvalue weighted by molar-refractivity contribution is -0.121. The van der Waals surface area contributed by atoms with Crippen molar-refractivity contribution in [3.8, 4) is 0 Å². The van der Waals surface area contributed by atoms with E-state index in [2.05, 4.69) is 27.7 Å². The summed E-state index contributed by atoms with van der Waals surface area (Å²) < 4.78 is 0. The van der Waals surface area contributed by atoms with Gasteiger partial charge in [0, 0.05) is 17.1 Å². The Labute approximate surface area is 180 Å². The molecule has 29 heavy (non-hydrogen) atoms. The van der Waals surface area contributed by atoms with Crippen LogP contribution in [0.15, 0.2) is 24.3 Å². The Kier molecular flexibility index (Phi) is 7.42. The topological polar surface area (TPSA) is 54.5 Å². The molecule has 2 radical (unpaired) electrons. The van der Waals surface area contributed by atoms with Crippen LogP contribution >= 0.6 is 11.8 Å². The van der Waals surface area contributed by atoms with Crippen LogP contribution in [0.4, 0.5) is 5.69 Å². The molecule has 2 unspecified atom stereocenters. The Bertz CT molecular complexity index is 773. The molecule has 4 nitrogen and oxygen atoms in total. The molecule has 1 heterocycles. The van der Waals surface area contributed by atoms with Gasteiger partial charge in [0.1, 0.15) is 0 Å². The molecular weight excluding hydrogens is 381 g/mol. The molecule has 0 spiro atoms. The second-order valence-corrected chi connectivity index (χ2v) is 11.0. The predicted molar refractivity (Wildman–Crippen MR) is 121 cm³/mol. The third-order valence-electron chi connectivity index (χ3n) is 5.65. The highest BCUT2D eigenvalue weighted by Crippen LogP contribution is 2.38. The highest BCUT2D eigenvalue weighted by atomic mass is 32.2. The van der Waals surface area contributed by atoms with E-state index in [1.54, 1.807) is 11.8 Å². The van der Waals surface area contributed by atoms with Gasteiger partial charge in [-0.05, 0) is 36.0 Å². The summed E-state index contributed by atoms with van der Waals surface area (Å²) in [5.74, 6) is -0.261. The Balaban J connectivity index is 2.16. The number of nitrogens with zero attached hydrogens (tertiary/aromatic N) is 1. The monoisotopic (exact) mass is 413 g/mol.